The molecule has 1 aromatic carbocycles. The van der Waals surface area contributed by atoms with Crippen LogP contribution in [0.15, 0.2) is 36.9 Å². The van der Waals surface area contributed by atoms with Crippen LogP contribution >= 0.6 is 0 Å². The summed E-state index contributed by atoms with van der Waals surface area (Å²) in [5, 5.41) is 9.41. The fraction of sp³-hybridized carbons (Fsp3) is 0.636. The number of aliphatic hydroxyl groups excluding tert-OH is 1. The van der Waals surface area contributed by atoms with E-state index >= 15 is 0 Å². The van der Waals surface area contributed by atoms with Crippen LogP contribution in [0.5, 0.6) is 0 Å². The highest BCUT2D eigenvalue weighted by Gasteiger charge is 2.16. The minimum atomic E-state index is -0.0706. The first kappa shape index (κ1) is 27.7. The topological polar surface area (TPSA) is 23.5 Å². The lowest BCUT2D eigenvalue weighted by molar-refractivity contribution is 0.0792. The van der Waals surface area contributed by atoms with Gasteiger partial charge in [-0.05, 0) is 32.3 Å². The molecule has 2 rings (SSSR count). The smallest absolute Gasteiger partial charge is 0.0564 e. The molecule has 0 aliphatic carbocycles. The fourth-order valence-corrected chi connectivity index (χ4v) is 2.15. The van der Waals surface area contributed by atoms with Crippen LogP contribution in [0.25, 0.3) is 0 Å². The predicted molar refractivity (Wildman–Crippen MR) is 112 cm³/mol. The first-order valence-corrected chi connectivity index (χ1v) is 9.68. The summed E-state index contributed by atoms with van der Waals surface area (Å²) >= 11 is 0. The molecule has 1 N–H and O–H groups in total. The third-order valence-electron chi connectivity index (χ3n) is 3.05. The zero-order valence-electron chi connectivity index (χ0n) is 17.6. The highest BCUT2D eigenvalue weighted by molar-refractivity contribution is 5.22. The summed E-state index contributed by atoms with van der Waals surface area (Å²) in [6.07, 6.45) is 3.52. The number of benzene rings is 1. The maximum Gasteiger partial charge on any atom is 0.0564 e. The van der Waals surface area contributed by atoms with Crippen LogP contribution in [0.1, 0.15) is 72.4 Å². The number of hydrogen-bond acceptors (Lipinski definition) is 2. The number of allylic oxidation sites excluding steroid dienone is 1. The van der Waals surface area contributed by atoms with Gasteiger partial charge >= 0.3 is 0 Å². The van der Waals surface area contributed by atoms with Crippen molar-refractivity contribution in [2.75, 3.05) is 13.1 Å². The summed E-state index contributed by atoms with van der Waals surface area (Å²) in [4.78, 5) is 2.42. The second-order valence-corrected chi connectivity index (χ2v) is 4.90. The van der Waals surface area contributed by atoms with Crippen molar-refractivity contribution in [3.63, 3.8) is 0 Å². The Bertz CT molecular complexity index is 355. The minimum absolute atomic E-state index is 0.0706. The van der Waals surface area contributed by atoms with Crippen molar-refractivity contribution in [2.45, 2.75) is 80.9 Å². The van der Waals surface area contributed by atoms with Gasteiger partial charge in [0.15, 0.2) is 0 Å². The van der Waals surface area contributed by atoms with E-state index in [1.807, 2.05) is 48.5 Å². The van der Waals surface area contributed by atoms with Crippen LogP contribution in [-0.2, 0) is 6.54 Å². The Morgan fingerprint density at radius 2 is 1.54 bits per heavy atom. The number of piperidine rings is 1. The van der Waals surface area contributed by atoms with Gasteiger partial charge < -0.3 is 5.11 Å². The van der Waals surface area contributed by atoms with Crippen LogP contribution in [0.4, 0.5) is 0 Å². The quantitative estimate of drug-likeness (QED) is 0.647. The maximum absolute atomic E-state index is 9.41. The van der Waals surface area contributed by atoms with E-state index in [0.717, 1.165) is 32.5 Å². The second-order valence-electron chi connectivity index (χ2n) is 4.90. The van der Waals surface area contributed by atoms with Crippen LogP contribution in [0, 0.1) is 6.92 Å². The fourth-order valence-electron chi connectivity index (χ4n) is 2.15. The van der Waals surface area contributed by atoms with Crippen LogP contribution in [0.3, 0.4) is 0 Å². The van der Waals surface area contributed by atoms with Gasteiger partial charge in [-0.1, -0.05) is 77.4 Å². The van der Waals surface area contributed by atoms with Gasteiger partial charge in [0.25, 0.3) is 0 Å². The monoisotopic (exact) mass is 337 g/mol. The van der Waals surface area contributed by atoms with E-state index in [9.17, 15) is 5.11 Å². The predicted octanol–water partition coefficient (Wildman–Crippen LogP) is 6.22. The van der Waals surface area contributed by atoms with Crippen molar-refractivity contribution in [2.24, 2.45) is 0 Å². The average molecular weight is 338 g/mol. The van der Waals surface area contributed by atoms with E-state index in [4.69, 9.17) is 0 Å². The molecule has 1 saturated heterocycles. The van der Waals surface area contributed by atoms with Crippen LogP contribution in [-0.4, -0.2) is 29.2 Å². The number of likely N-dealkylation sites (tertiary alicyclic amines) is 1. The van der Waals surface area contributed by atoms with Crippen molar-refractivity contribution in [1.82, 2.24) is 4.90 Å². The number of aryl methyl sites for hydroxylation is 1. The summed E-state index contributed by atoms with van der Waals surface area (Å²) in [6, 6.07) is 8.66. The standard InChI is InChI=1S/C13H19NO.C3H6.3C2H6/c1-11-3-2-4-12(9-11)10-14-7-5-13(15)6-8-14;1-3-2;3*1-2/h2-4,9,13,15H,5-8,10H2,1H3;3H,1H2,2H3;3*1-2H3. The van der Waals surface area contributed by atoms with Crippen molar-refractivity contribution >= 4 is 0 Å². The number of aliphatic hydroxyl groups is 1. The lowest BCUT2D eigenvalue weighted by Crippen LogP contribution is -2.35. The molecule has 1 fully saturated rings. The van der Waals surface area contributed by atoms with Gasteiger partial charge in [-0.25, -0.2) is 0 Å². The van der Waals surface area contributed by atoms with Gasteiger partial charge in [0.1, 0.15) is 0 Å². The van der Waals surface area contributed by atoms with E-state index in [1.165, 1.54) is 11.1 Å². The molecule has 0 aromatic heterocycles. The molecule has 0 saturated carbocycles. The summed E-state index contributed by atoms with van der Waals surface area (Å²) < 4.78 is 0. The van der Waals surface area contributed by atoms with E-state index in [-0.39, 0.29) is 6.10 Å². The Balaban J connectivity index is -0.000000422. The highest BCUT2D eigenvalue weighted by Crippen LogP contribution is 2.14. The molecule has 2 heteroatoms. The molecule has 1 aliphatic rings. The Labute approximate surface area is 152 Å². The molecule has 0 spiro atoms. The van der Waals surface area contributed by atoms with Crippen molar-refractivity contribution in [1.29, 1.82) is 0 Å². The number of rotatable bonds is 2. The van der Waals surface area contributed by atoms with E-state index in [1.54, 1.807) is 6.08 Å². The van der Waals surface area contributed by atoms with Gasteiger partial charge in [-0.2, -0.15) is 0 Å². The Kier molecular flexibility index (Phi) is 25.3. The third-order valence-corrected chi connectivity index (χ3v) is 3.05. The molecule has 24 heavy (non-hydrogen) atoms. The molecule has 1 aliphatic heterocycles. The van der Waals surface area contributed by atoms with Crippen molar-refractivity contribution in [3.8, 4) is 0 Å². The summed E-state index contributed by atoms with van der Waals surface area (Å²) in [5.74, 6) is 0. The SMILES string of the molecule is C=CC.CC.CC.CC.Cc1cccc(CN2CCC(O)CC2)c1. The van der Waals surface area contributed by atoms with Crippen LogP contribution < -0.4 is 0 Å². The summed E-state index contributed by atoms with van der Waals surface area (Å²) in [6.45, 7) is 22.4. The van der Waals surface area contributed by atoms with E-state index in [2.05, 4.69) is 42.7 Å². The first-order chi connectivity index (χ1) is 11.7. The summed E-state index contributed by atoms with van der Waals surface area (Å²) in [5.41, 5.74) is 2.70. The summed E-state index contributed by atoms with van der Waals surface area (Å²) in [7, 11) is 0. The molecule has 0 unspecified atom stereocenters. The molecule has 0 bridgehead atoms. The average Bonchev–Trinajstić information content (AvgIpc) is 2.63. The normalized spacial score (nSPS) is 13.4. The van der Waals surface area contributed by atoms with Gasteiger partial charge in [-0.15, -0.1) is 6.58 Å². The zero-order chi connectivity index (χ0) is 19.4. The number of nitrogens with zero attached hydrogens (tertiary/aromatic N) is 1. The molecule has 1 heterocycles. The Morgan fingerprint density at radius 1 is 1.08 bits per heavy atom. The molecular weight excluding hydrogens is 294 g/mol. The molecule has 1 aromatic rings. The maximum atomic E-state index is 9.41. The Morgan fingerprint density at radius 3 is 1.96 bits per heavy atom. The zero-order valence-corrected chi connectivity index (χ0v) is 17.6. The van der Waals surface area contributed by atoms with Crippen LogP contribution in [0.2, 0.25) is 0 Å². The second kappa shape index (κ2) is 21.9. The lowest BCUT2D eigenvalue weighted by Gasteiger charge is -2.29. The molecular formula is C22H43NO. The van der Waals surface area contributed by atoms with Crippen molar-refractivity contribution in [3.05, 3.63) is 48.0 Å². The highest BCUT2D eigenvalue weighted by atomic mass is 16.3. The first-order valence-electron chi connectivity index (χ1n) is 9.68. The lowest BCUT2D eigenvalue weighted by atomic mass is 10.1. The van der Waals surface area contributed by atoms with Gasteiger partial charge in [0, 0.05) is 19.6 Å². The molecule has 142 valence electrons. The molecule has 0 radical (unpaired) electrons. The molecule has 2 nitrogen and oxygen atoms in total. The van der Waals surface area contributed by atoms with Gasteiger partial charge in [-0.3, -0.25) is 4.90 Å². The number of hydrogen-bond donors (Lipinski definition) is 1. The third kappa shape index (κ3) is 15.8. The molecule has 0 amide bonds. The molecule has 0 atom stereocenters. The largest absolute Gasteiger partial charge is 0.393 e. The van der Waals surface area contributed by atoms with Crippen molar-refractivity contribution < 1.29 is 5.11 Å². The van der Waals surface area contributed by atoms with Gasteiger partial charge in [0.2, 0.25) is 0 Å². The van der Waals surface area contributed by atoms with Gasteiger partial charge in [0.05, 0.1) is 6.10 Å². The Hall–Kier alpha value is -1.12. The minimum Gasteiger partial charge on any atom is -0.393 e. The van der Waals surface area contributed by atoms with E-state index in [0.29, 0.717) is 0 Å². The van der Waals surface area contributed by atoms with E-state index < -0.39 is 0 Å².